The summed E-state index contributed by atoms with van der Waals surface area (Å²) in [6.45, 7) is 0. The normalized spacial score (nSPS) is 11.7. The van der Waals surface area contributed by atoms with Gasteiger partial charge in [0.25, 0.3) is 0 Å². The highest BCUT2D eigenvalue weighted by Crippen LogP contribution is 2.44. The number of benzene rings is 6. The first-order valence-corrected chi connectivity index (χ1v) is 16.5. The molecule has 4 heterocycles. The summed E-state index contributed by atoms with van der Waals surface area (Å²) in [6.07, 6.45) is 3.76. The monoisotopic (exact) mass is 624 g/mol. The average Bonchev–Trinajstić information content (AvgIpc) is 3.51. The van der Waals surface area contributed by atoms with Crippen molar-refractivity contribution in [3.8, 4) is 39.6 Å². The zero-order chi connectivity index (χ0) is 32.3. The van der Waals surface area contributed by atoms with Gasteiger partial charge in [-0.3, -0.25) is 9.55 Å². The molecule has 4 aromatic heterocycles. The summed E-state index contributed by atoms with van der Waals surface area (Å²) in [7, 11) is 0. The van der Waals surface area contributed by atoms with E-state index in [2.05, 4.69) is 161 Å². The topological polar surface area (TPSA) is 43.6 Å². The van der Waals surface area contributed by atoms with Crippen LogP contribution in [0.3, 0.4) is 0 Å². The quantitative estimate of drug-likeness (QED) is 0.183. The lowest BCUT2D eigenvalue weighted by Gasteiger charge is -2.18. The largest absolute Gasteiger partial charge is 0.292 e. The van der Waals surface area contributed by atoms with Crippen molar-refractivity contribution >= 4 is 54.1 Å². The molecular weight excluding hydrogens is 597 g/mol. The van der Waals surface area contributed by atoms with Crippen LogP contribution in [0.5, 0.6) is 0 Å². The summed E-state index contributed by atoms with van der Waals surface area (Å²) in [5.41, 5.74) is 8.26. The van der Waals surface area contributed by atoms with Gasteiger partial charge >= 0.3 is 0 Å². The minimum absolute atomic E-state index is 0.815. The van der Waals surface area contributed by atoms with E-state index in [9.17, 15) is 0 Å². The maximum absolute atomic E-state index is 5.32. The first-order valence-electron chi connectivity index (χ1n) is 16.5. The maximum atomic E-state index is 5.32. The van der Waals surface area contributed by atoms with Gasteiger partial charge < -0.3 is 0 Å². The Morgan fingerprint density at radius 2 is 0.980 bits per heavy atom. The van der Waals surface area contributed by atoms with E-state index in [4.69, 9.17) is 9.97 Å². The Balaban J connectivity index is 1.16. The molecule has 10 rings (SSSR count). The van der Waals surface area contributed by atoms with Crippen LogP contribution in [-0.4, -0.2) is 19.5 Å². The van der Waals surface area contributed by atoms with Gasteiger partial charge in [-0.05, 0) is 85.9 Å². The molecule has 0 radical (unpaired) electrons. The third kappa shape index (κ3) is 4.35. The first-order chi connectivity index (χ1) is 24.3. The van der Waals surface area contributed by atoms with Crippen molar-refractivity contribution in [3.05, 3.63) is 170 Å². The van der Waals surface area contributed by atoms with Gasteiger partial charge in [0.15, 0.2) is 0 Å². The van der Waals surface area contributed by atoms with Crippen molar-refractivity contribution in [2.45, 2.75) is 0 Å². The van der Waals surface area contributed by atoms with Crippen LogP contribution in [0.1, 0.15) is 0 Å². The predicted octanol–water partition coefficient (Wildman–Crippen LogP) is 11.4. The Morgan fingerprint density at radius 1 is 0.388 bits per heavy atom. The number of hydrogen-bond donors (Lipinski definition) is 0. The molecule has 6 aromatic carbocycles. The van der Waals surface area contributed by atoms with Crippen molar-refractivity contribution in [2.24, 2.45) is 0 Å². The predicted molar refractivity (Wildman–Crippen MR) is 203 cm³/mol. The van der Waals surface area contributed by atoms with E-state index in [1.54, 1.807) is 0 Å². The number of hydrogen-bond acceptors (Lipinski definition) is 3. The second-order valence-electron chi connectivity index (χ2n) is 12.4. The fraction of sp³-hybridized carbons (Fsp3) is 0. The van der Waals surface area contributed by atoms with E-state index in [0.717, 1.165) is 44.9 Å². The van der Waals surface area contributed by atoms with Gasteiger partial charge in [0, 0.05) is 22.5 Å². The number of para-hydroxylation sites is 1. The van der Waals surface area contributed by atoms with Crippen LogP contribution < -0.4 is 0 Å². The number of nitrogens with zero attached hydrogens (tertiary/aromatic N) is 4. The Hall–Kier alpha value is -6.65. The summed E-state index contributed by atoms with van der Waals surface area (Å²) < 4.78 is 2.19. The minimum atomic E-state index is 0.815. The number of fused-ring (bicyclic) bond motifs is 6. The minimum Gasteiger partial charge on any atom is -0.292 e. The van der Waals surface area contributed by atoms with Crippen LogP contribution in [0.2, 0.25) is 0 Å². The lowest BCUT2D eigenvalue weighted by atomic mass is 9.86. The lowest BCUT2D eigenvalue weighted by Crippen LogP contribution is -1.99. The molecular formula is C45H28N4. The molecule has 0 fully saturated rings. The number of rotatable bonds is 4. The summed E-state index contributed by atoms with van der Waals surface area (Å²) in [5, 5.41) is 9.57. The summed E-state index contributed by atoms with van der Waals surface area (Å²) in [5.74, 6) is 0.833. The smallest absolute Gasteiger partial charge is 0.138 e. The third-order valence-electron chi connectivity index (χ3n) is 9.68. The molecule has 0 saturated carbocycles. The summed E-state index contributed by atoms with van der Waals surface area (Å²) >= 11 is 0. The van der Waals surface area contributed by atoms with Gasteiger partial charge in [-0.25, -0.2) is 9.97 Å². The van der Waals surface area contributed by atoms with Gasteiger partial charge in [0.1, 0.15) is 5.82 Å². The van der Waals surface area contributed by atoms with Crippen LogP contribution in [0.25, 0.3) is 93.7 Å². The molecule has 0 N–H and O–H groups in total. The highest BCUT2D eigenvalue weighted by molar-refractivity contribution is 6.21. The van der Waals surface area contributed by atoms with Gasteiger partial charge in [-0.15, -0.1) is 0 Å². The van der Waals surface area contributed by atoms with E-state index in [0.29, 0.717) is 0 Å². The van der Waals surface area contributed by atoms with Gasteiger partial charge in [0.2, 0.25) is 0 Å². The zero-order valence-corrected chi connectivity index (χ0v) is 26.5. The van der Waals surface area contributed by atoms with Gasteiger partial charge in [0.05, 0.1) is 34.3 Å². The molecule has 0 atom stereocenters. The fourth-order valence-corrected chi connectivity index (χ4v) is 7.53. The second kappa shape index (κ2) is 11.0. The highest BCUT2D eigenvalue weighted by Gasteiger charge is 2.19. The maximum Gasteiger partial charge on any atom is 0.138 e. The van der Waals surface area contributed by atoms with E-state index in [1.807, 2.05) is 18.5 Å². The molecule has 0 saturated heterocycles. The zero-order valence-electron chi connectivity index (χ0n) is 26.5. The van der Waals surface area contributed by atoms with Crippen molar-refractivity contribution in [3.63, 3.8) is 0 Å². The molecule has 0 spiro atoms. The summed E-state index contributed by atoms with van der Waals surface area (Å²) in [6, 6.07) is 55.7. The van der Waals surface area contributed by atoms with Gasteiger partial charge in [-0.2, -0.15) is 0 Å². The Kier molecular flexibility index (Phi) is 6.15. The van der Waals surface area contributed by atoms with E-state index >= 15 is 0 Å². The van der Waals surface area contributed by atoms with Crippen LogP contribution in [0, 0.1) is 0 Å². The van der Waals surface area contributed by atoms with Crippen molar-refractivity contribution in [1.82, 2.24) is 19.5 Å². The fourth-order valence-electron chi connectivity index (χ4n) is 7.53. The SMILES string of the molecule is c1cc(-c2cccc(-n3c4ccccc4c4ccncc43)n2)nc(-c2c3ccccc3c(-c3ccc4ccccc4c3)c3ccccc23)c1. The second-order valence-corrected chi connectivity index (χ2v) is 12.4. The van der Waals surface area contributed by atoms with Crippen LogP contribution in [0.15, 0.2) is 170 Å². The summed E-state index contributed by atoms with van der Waals surface area (Å²) in [4.78, 5) is 15.0. The molecule has 49 heavy (non-hydrogen) atoms. The Morgan fingerprint density at radius 3 is 1.76 bits per heavy atom. The Bertz CT molecular complexity index is 2790. The lowest BCUT2D eigenvalue weighted by molar-refractivity contribution is 1.07. The Labute approximate surface area is 282 Å². The van der Waals surface area contributed by atoms with Gasteiger partial charge in [-0.1, -0.05) is 115 Å². The van der Waals surface area contributed by atoms with E-state index in [-0.39, 0.29) is 0 Å². The molecule has 10 aromatic rings. The molecule has 0 aliphatic rings. The van der Waals surface area contributed by atoms with Crippen LogP contribution in [0.4, 0.5) is 0 Å². The highest BCUT2D eigenvalue weighted by atomic mass is 15.1. The standard InChI is InChI=1S/C45H28N4/c1-2-12-30-27-31(24-23-29(30)11-1)44-34-14-3-5-16-36(34)45(37-17-6-4-15-35(37)44)40-20-9-18-38(47-40)39-19-10-22-43(48-39)49-41-21-8-7-13-32(41)33-25-26-46-28-42(33)49/h1-28H. The van der Waals surface area contributed by atoms with Crippen molar-refractivity contribution in [1.29, 1.82) is 0 Å². The van der Waals surface area contributed by atoms with E-state index in [1.165, 1.54) is 48.8 Å². The number of pyridine rings is 3. The van der Waals surface area contributed by atoms with E-state index < -0.39 is 0 Å². The number of aromatic nitrogens is 4. The molecule has 0 aliphatic heterocycles. The first kappa shape index (κ1) is 27.5. The molecule has 0 amide bonds. The molecule has 4 heteroatoms. The third-order valence-corrected chi connectivity index (χ3v) is 9.68. The molecule has 0 aliphatic carbocycles. The molecule has 0 unspecified atom stereocenters. The van der Waals surface area contributed by atoms with Crippen LogP contribution in [-0.2, 0) is 0 Å². The average molecular weight is 625 g/mol. The molecule has 0 bridgehead atoms. The molecule has 228 valence electrons. The van der Waals surface area contributed by atoms with Crippen molar-refractivity contribution < 1.29 is 0 Å². The van der Waals surface area contributed by atoms with Crippen LogP contribution >= 0.6 is 0 Å². The van der Waals surface area contributed by atoms with Crippen molar-refractivity contribution in [2.75, 3.05) is 0 Å². The molecule has 4 nitrogen and oxygen atoms in total.